The third-order valence-corrected chi connectivity index (χ3v) is 2.46. The van der Waals surface area contributed by atoms with Crippen LogP contribution in [0.1, 0.15) is 35.3 Å². The highest BCUT2D eigenvalue weighted by Gasteiger charge is 2.10. The van der Waals surface area contributed by atoms with Crippen molar-refractivity contribution in [2.45, 2.75) is 27.2 Å². The third kappa shape index (κ3) is 1.92. The number of carbonyl (C=O) groups excluding carboxylic acids is 1. The Morgan fingerprint density at radius 1 is 1.43 bits per heavy atom. The van der Waals surface area contributed by atoms with Crippen molar-refractivity contribution in [1.82, 2.24) is 0 Å². The molecule has 0 unspecified atom stereocenters. The van der Waals surface area contributed by atoms with Crippen molar-refractivity contribution in [3.05, 3.63) is 47.0 Å². The van der Waals surface area contributed by atoms with E-state index >= 15 is 0 Å². The number of hydrogen-bond acceptors (Lipinski definition) is 1. The van der Waals surface area contributed by atoms with Crippen LogP contribution in [-0.4, -0.2) is 5.78 Å². The molecule has 0 aromatic heterocycles. The largest absolute Gasteiger partial charge is 0.289 e. The average Bonchev–Trinajstić information content (AvgIpc) is 2.17. The van der Waals surface area contributed by atoms with Crippen LogP contribution < -0.4 is 0 Å². The van der Waals surface area contributed by atoms with Gasteiger partial charge in [0.2, 0.25) is 0 Å². The van der Waals surface area contributed by atoms with Crippen molar-refractivity contribution >= 4 is 5.78 Å². The number of benzene rings is 1. The lowest BCUT2D eigenvalue weighted by atomic mass is 9.95. The van der Waals surface area contributed by atoms with Crippen LogP contribution in [0.5, 0.6) is 0 Å². The minimum atomic E-state index is 0.0535. The lowest BCUT2D eigenvalue weighted by molar-refractivity contribution is 0.103. The molecule has 0 bridgehead atoms. The Hall–Kier alpha value is -1.37. The highest BCUT2D eigenvalue weighted by atomic mass is 16.1. The smallest absolute Gasteiger partial charge is 0.188 e. The van der Waals surface area contributed by atoms with Crippen LogP contribution in [0.15, 0.2) is 30.4 Å². The van der Waals surface area contributed by atoms with Gasteiger partial charge in [0.25, 0.3) is 0 Å². The van der Waals surface area contributed by atoms with E-state index in [-0.39, 0.29) is 5.78 Å². The number of carbonyl (C=O) groups is 1. The average molecular weight is 188 g/mol. The summed E-state index contributed by atoms with van der Waals surface area (Å²) in [6.07, 6.45) is 0.961. The minimum absolute atomic E-state index is 0.0535. The predicted molar refractivity (Wildman–Crippen MR) is 59.7 cm³/mol. The van der Waals surface area contributed by atoms with E-state index in [1.165, 1.54) is 5.56 Å². The van der Waals surface area contributed by atoms with Gasteiger partial charge in [-0.25, -0.2) is 0 Å². The normalized spacial score (nSPS) is 9.93. The summed E-state index contributed by atoms with van der Waals surface area (Å²) in [6.45, 7) is 9.52. The van der Waals surface area contributed by atoms with Crippen molar-refractivity contribution in [3.63, 3.8) is 0 Å². The fourth-order valence-electron chi connectivity index (χ4n) is 1.54. The van der Waals surface area contributed by atoms with Gasteiger partial charge in [-0.05, 0) is 37.0 Å². The molecule has 0 aliphatic heterocycles. The van der Waals surface area contributed by atoms with Gasteiger partial charge in [-0.2, -0.15) is 0 Å². The maximum Gasteiger partial charge on any atom is 0.188 e. The number of allylic oxidation sites excluding steroid dienone is 1. The summed E-state index contributed by atoms with van der Waals surface area (Å²) in [6, 6.07) is 5.86. The second-order valence-electron chi connectivity index (χ2n) is 3.55. The second kappa shape index (κ2) is 4.23. The molecule has 0 N–H and O–H groups in total. The Morgan fingerprint density at radius 3 is 2.57 bits per heavy atom. The van der Waals surface area contributed by atoms with Crippen molar-refractivity contribution in [3.8, 4) is 0 Å². The van der Waals surface area contributed by atoms with Crippen LogP contribution in [0, 0.1) is 6.92 Å². The Bertz CT molecular complexity index is 375. The standard InChI is InChI=1S/C13H16O/c1-5-11-7-6-8-12(10(11)4)13(14)9(2)3/h6-8H,2,5H2,1,3-4H3. The van der Waals surface area contributed by atoms with Crippen molar-refractivity contribution in [1.29, 1.82) is 0 Å². The highest BCUT2D eigenvalue weighted by molar-refractivity contribution is 6.08. The SMILES string of the molecule is C=C(C)C(=O)c1cccc(CC)c1C. The summed E-state index contributed by atoms with van der Waals surface area (Å²) >= 11 is 0. The zero-order valence-electron chi connectivity index (χ0n) is 9.05. The lowest BCUT2D eigenvalue weighted by Crippen LogP contribution is -2.04. The van der Waals surface area contributed by atoms with Gasteiger partial charge in [-0.3, -0.25) is 4.79 Å². The first-order valence-electron chi connectivity index (χ1n) is 4.86. The molecule has 0 radical (unpaired) electrons. The van der Waals surface area contributed by atoms with E-state index in [0.717, 1.165) is 17.5 Å². The molecule has 1 rings (SSSR count). The van der Waals surface area contributed by atoms with Gasteiger partial charge >= 0.3 is 0 Å². The maximum atomic E-state index is 11.7. The second-order valence-corrected chi connectivity index (χ2v) is 3.55. The van der Waals surface area contributed by atoms with Gasteiger partial charge in [-0.15, -0.1) is 0 Å². The van der Waals surface area contributed by atoms with Gasteiger partial charge in [0.1, 0.15) is 0 Å². The van der Waals surface area contributed by atoms with Gasteiger partial charge < -0.3 is 0 Å². The lowest BCUT2D eigenvalue weighted by Gasteiger charge is -2.08. The van der Waals surface area contributed by atoms with Crippen LogP contribution in [-0.2, 0) is 6.42 Å². The summed E-state index contributed by atoms with van der Waals surface area (Å²) in [5.74, 6) is 0.0535. The molecule has 1 heteroatoms. The molecular formula is C13H16O. The van der Waals surface area contributed by atoms with Crippen LogP contribution >= 0.6 is 0 Å². The van der Waals surface area contributed by atoms with Crippen LogP contribution in [0.3, 0.4) is 0 Å². The first-order chi connectivity index (χ1) is 6.57. The van der Waals surface area contributed by atoms with Crippen molar-refractivity contribution < 1.29 is 4.79 Å². The number of Topliss-reactive ketones (excluding diaryl/α,β-unsaturated/α-hetero) is 1. The Labute approximate surface area is 85.5 Å². The quantitative estimate of drug-likeness (QED) is 0.525. The van der Waals surface area contributed by atoms with E-state index < -0.39 is 0 Å². The summed E-state index contributed by atoms with van der Waals surface area (Å²) < 4.78 is 0. The number of aryl methyl sites for hydroxylation is 1. The molecule has 1 aromatic carbocycles. The monoisotopic (exact) mass is 188 g/mol. The van der Waals surface area contributed by atoms with Gasteiger partial charge in [-0.1, -0.05) is 31.7 Å². The molecule has 0 saturated carbocycles. The molecular weight excluding hydrogens is 172 g/mol. The Kier molecular flexibility index (Phi) is 3.23. The first-order valence-corrected chi connectivity index (χ1v) is 4.86. The first kappa shape index (κ1) is 10.7. The zero-order valence-corrected chi connectivity index (χ0v) is 9.05. The van der Waals surface area contributed by atoms with E-state index in [0.29, 0.717) is 5.57 Å². The number of hydrogen-bond donors (Lipinski definition) is 0. The van der Waals surface area contributed by atoms with E-state index in [1.807, 2.05) is 19.1 Å². The summed E-state index contributed by atoms with van der Waals surface area (Å²) in [5.41, 5.74) is 3.71. The van der Waals surface area contributed by atoms with Crippen molar-refractivity contribution in [2.24, 2.45) is 0 Å². The molecule has 1 aromatic rings. The summed E-state index contributed by atoms with van der Waals surface area (Å²) in [7, 11) is 0. The molecule has 0 aliphatic carbocycles. The highest BCUT2D eigenvalue weighted by Crippen LogP contribution is 2.17. The fourth-order valence-corrected chi connectivity index (χ4v) is 1.54. The molecule has 0 heterocycles. The molecule has 0 fully saturated rings. The molecule has 0 saturated heterocycles. The summed E-state index contributed by atoms with van der Waals surface area (Å²) in [5, 5.41) is 0. The molecule has 0 atom stereocenters. The molecule has 0 spiro atoms. The molecule has 74 valence electrons. The molecule has 1 nitrogen and oxygen atoms in total. The molecule has 0 aliphatic rings. The van der Waals surface area contributed by atoms with E-state index in [9.17, 15) is 4.79 Å². The van der Waals surface area contributed by atoms with Crippen molar-refractivity contribution in [2.75, 3.05) is 0 Å². The fraction of sp³-hybridized carbons (Fsp3) is 0.308. The van der Waals surface area contributed by atoms with Gasteiger partial charge in [0.05, 0.1) is 0 Å². The van der Waals surface area contributed by atoms with Gasteiger partial charge in [0.15, 0.2) is 5.78 Å². The molecule has 14 heavy (non-hydrogen) atoms. The van der Waals surface area contributed by atoms with Gasteiger partial charge in [0, 0.05) is 5.56 Å². The van der Waals surface area contributed by atoms with E-state index in [2.05, 4.69) is 19.6 Å². The number of ketones is 1. The minimum Gasteiger partial charge on any atom is -0.289 e. The van der Waals surface area contributed by atoms with E-state index in [1.54, 1.807) is 6.92 Å². The van der Waals surface area contributed by atoms with E-state index in [4.69, 9.17) is 0 Å². The molecule has 0 amide bonds. The topological polar surface area (TPSA) is 17.1 Å². The predicted octanol–water partition coefficient (Wildman–Crippen LogP) is 3.32. The van der Waals surface area contributed by atoms with Crippen LogP contribution in [0.2, 0.25) is 0 Å². The van der Waals surface area contributed by atoms with Crippen LogP contribution in [0.4, 0.5) is 0 Å². The third-order valence-electron chi connectivity index (χ3n) is 2.46. The van der Waals surface area contributed by atoms with Crippen LogP contribution in [0.25, 0.3) is 0 Å². The maximum absolute atomic E-state index is 11.7. The summed E-state index contributed by atoms with van der Waals surface area (Å²) in [4.78, 5) is 11.7. The Balaban J connectivity index is 3.22. The zero-order chi connectivity index (χ0) is 10.7. The number of rotatable bonds is 3. The Morgan fingerprint density at radius 2 is 2.07 bits per heavy atom.